The fourth-order valence-corrected chi connectivity index (χ4v) is 2.08. The number of carbonyl (C=O) groups is 1. The van der Waals surface area contributed by atoms with Gasteiger partial charge in [0.05, 0.1) is 6.10 Å². The van der Waals surface area contributed by atoms with Crippen molar-refractivity contribution < 1.29 is 9.53 Å². The van der Waals surface area contributed by atoms with Crippen LogP contribution in [0.25, 0.3) is 0 Å². The second-order valence-corrected chi connectivity index (χ2v) is 4.88. The molecule has 2 rings (SSSR count). The van der Waals surface area contributed by atoms with Gasteiger partial charge in [-0.1, -0.05) is 6.07 Å². The van der Waals surface area contributed by atoms with E-state index in [1.54, 1.807) is 12.3 Å². The van der Waals surface area contributed by atoms with E-state index < -0.39 is 0 Å². The minimum Gasteiger partial charge on any atom is -0.378 e. The number of aromatic nitrogens is 1. The molecule has 2 N–H and O–H groups in total. The van der Waals surface area contributed by atoms with E-state index in [1.165, 1.54) is 6.42 Å². The summed E-state index contributed by atoms with van der Waals surface area (Å²) >= 11 is 0. The van der Waals surface area contributed by atoms with Gasteiger partial charge in [0.2, 0.25) is 0 Å². The summed E-state index contributed by atoms with van der Waals surface area (Å²) in [5.74, 6) is 0.567. The number of anilines is 1. The maximum atomic E-state index is 11.6. The summed E-state index contributed by atoms with van der Waals surface area (Å²) in [7, 11) is 0. The van der Waals surface area contributed by atoms with Crippen LogP contribution in [-0.2, 0) is 4.74 Å². The normalized spacial score (nSPS) is 18.9. The summed E-state index contributed by atoms with van der Waals surface area (Å²) in [4.78, 5) is 15.8. The van der Waals surface area contributed by atoms with Crippen LogP contribution >= 0.6 is 0 Å². The van der Waals surface area contributed by atoms with E-state index in [1.807, 2.05) is 13.0 Å². The van der Waals surface area contributed by atoms with Crippen molar-refractivity contribution in [1.29, 1.82) is 0 Å². The van der Waals surface area contributed by atoms with E-state index in [0.717, 1.165) is 31.4 Å². The van der Waals surface area contributed by atoms with E-state index in [4.69, 9.17) is 4.74 Å². The Bertz CT molecular complexity index is 400. The topological polar surface area (TPSA) is 63.2 Å². The van der Waals surface area contributed by atoms with Gasteiger partial charge in [0, 0.05) is 19.3 Å². The molecule has 1 aromatic rings. The van der Waals surface area contributed by atoms with E-state index in [0.29, 0.717) is 18.5 Å². The molecule has 0 aromatic carbocycles. The first-order chi connectivity index (χ1) is 9.24. The van der Waals surface area contributed by atoms with Gasteiger partial charge in [-0.2, -0.15) is 0 Å². The number of rotatable bonds is 4. The van der Waals surface area contributed by atoms with Gasteiger partial charge in [-0.25, -0.2) is 9.78 Å². The first kappa shape index (κ1) is 13.8. The number of ether oxygens (including phenoxy) is 1. The van der Waals surface area contributed by atoms with Crippen molar-refractivity contribution >= 4 is 11.8 Å². The standard InChI is InChI=1S/C14H21N3O2/c1-11-5-6-13(16-10-11)17-14(18)15-8-7-12-4-2-3-9-19-12/h5-6,10,12H,2-4,7-9H2,1H3,(H2,15,16,17,18)/t12-/m1/s1. The highest BCUT2D eigenvalue weighted by molar-refractivity contribution is 5.88. The Morgan fingerprint density at radius 3 is 3.05 bits per heavy atom. The molecule has 0 aliphatic carbocycles. The number of nitrogens with zero attached hydrogens (tertiary/aromatic N) is 1. The van der Waals surface area contributed by atoms with Crippen LogP contribution in [0.15, 0.2) is 18.3 Å². The third-order valence-corrected chi connectivity index (χ3v) is 3.18. The molecule has 0 spiro atoms. The Morgan fingerprint density at radius 1 is 1.47 bits per heavy atom. The highest BCUT2D eigenvalue weighted by Gasteiger charge is 2.13. The van der Waals surface area contributed by atoms with E-state index in [9.17, 15) is 4.79 Å². The van der Waals surface area contributed by atoms with Gasteiger partial charge >= 0.3 is 6.03 Å². The Hall–Kier alpha value is -1.62. The summed E-state index contributed by atoms with van der Waals surface area (Å²) < 4.78 is 5.61. The maximum Gasteiger partial charge on any atom is 0.320 e. The van der Waals surface area contributed by atoms with Gasteiger partial charge < -0.3 is 10.1 Å². The second kappa shape index (κ2) is 7.09. The molecule has 1 aromatic heterocycles. The third-order valence-electron chi connectivity index (χ3n) is 3.18. The lowest BCUT2D eigenvalue weighted by atomic mass is 10.1. The van der Waals surface area contributed by atoms with Crippen LogP contribution in [0.1, 0.15) is 31.2 Å². The van der Waals surface area contributed by atoms with Gasteiger partial charge in [0.15, 0.2) is 0 Å². The molecule has 2 amide bonds. The largest absolute Gasteiger partial charge is 0.378 e. The second-order valence-electron chi connectivity index (χ2n) is 4.88. The zero-order chi connectivity index (χ0) is 13.5. The van der Waals surface area contributed by atoms with Crippen LogP contribution in [0.5, 0.6) is 0 Å². The molecule has 0 unspecified atom stereocenters. The summed E-state index contributed by atoms with van der Waals surface area (Å²) in [6.07, 6.45) is 6.38. The molecule has 19 heavy (non-hydrogen) atoms. The molecule has 2 heterocycles. The van der Waals surface area contributed by atoms with Gasteiger partial charge in [-0.3, -0.25) is 5.32 Å². The van der Waals surface area contributed by atoms with Crippen molar-refractivity contribution in [2.24, 2.45) is 0 Å². The fraction of sp³-hybridized carbons (Fsp3) is 0.571. The Kier molecular flexibility index (Phi) is 5.15. The van der Waals surface area contributed by atoms with Crippen molar-refractivity contribution in [2.75, 3.05) is 18.5 Å². The summed E-state index contributed by atoms with van der Waals surface area (Å²) in [5.41, 5.74) is 1.07. The van der Waals surface area contributed by atoms with Crippen molar-refractivity contribution in [3.05, 3.63) is 23.9 Å². The quantitative estimate of drug-likeness (QED) is 0.877. The maximum absolute atomic E-state index is 11.6. The molecule has 1 fully saturated rings. The van der Waals surface area contributed by atoms with Crippen LogP contribution in [0.3, 0.4) is 0 Å². The Morgan fingerprint density at radius 2 is 2.37 bits per heavy atom. The fourth-order valence-electron chi connectivity index (χ4n) is 2.08. The molecule has 1 aliphatic heterocycles. The average molecular weight is 263 g/mol. The lowest BCUT2D eigenvalue weighted by molar-refractivity contribution is 0.0120. The molecular weight excluding hydrogens is 242 g/mol. The molecule has 5 heteroatoms. The minimum atomic E-state index is -0.216. The van der Waals surface area contributed by atoms with Crippen LogP contribution in [-0.4, -0.2) is 30.3 Å². The Labute approximate surface area is 113 Å². The molecule has 1 aliphatic rings. The molecule has 104 valence electrons. The lowest BCUT2D eigenvalue weighted by Gasteiger charge is -2.22. The number of nitrogens with one attached hydrogen (secondary N) is 2. The number of hydrogen-bond acceptors (Lipinski definition) is 3. The zero-order valence-corrected chi connectivity index (χ0v) is 11.3. The first-order valence-electron chi connectivity index (χ1n) is 6.83. The van der Waals surface area contributed by atoms with Gasteiger partial charge in [-0.05, 0) is 44.2 Å². The third kappa shape index (κ3) is 4.87. The molecule has 0 radical (unpaired) electrons. The summed E-state index contributed by atoms with van der Waals surface area (Å²) in [5, 5.41) is 5.53. The molecule has 5 nitrogen and oxygen atoms in total. The van der Waals surface area contributed by atoms with E-state index in [2.05, 4.69) is 15.6 Å². The molecule has 1 saturated heterocycles. The SMILES string of the molecule is Cc1ccc(NC(=O)NCC[C@H]2CCCCO2)nc1. The highest BCUT2D eigenvalue weighted by atomic mass is 16.5. The zero-order valence-electron chi connectivity index (χ0n) is 11.3. The van der Waals surface area contributed by atoms with Crippen LogP contribution in [0.4, 0.5) is 10.6 Å². The summed E-state index contributed by atoms with van der Waals surface area (Å²) in [6.45, 7) is 3.44. The molecular formula is C14H21N3O2. The Balaban J connectivity index is 1.65. The van der Waals surface area contributed by atoms with Gasteiger partial charge in [0.1, 0.15) is 5.82 Å². The monoisotopic (exact) mass is 263 g/mol. The number of hydrogen-bond donors (Lipinski definition) is 2. The van der Waals surface area contributed by atoms with Crippen LogP contribution in [0.2, 0.25) is 0 Å². The summed E-state index contributed by atoms with van der Waals surface area (Å²) in [6, 6.07) is 3.49. The predicted octanol–water partition coefficient (Wildman–Crippen LogP) is 2.47. The average Bonchev–Trinajstić information content (AvgIpc) is 2.43. The van der Waals surface area contributed by atoms with Crippen molar-refractivity contribution in [1.82, 2.24) is 10.3 Å². The lowest BCUT2D eigenvalue weighted by Crippen LogP contribution is -2.32. The number of urea groups is 1. The molecule has 1 atom stereocenters. The minimum absolute atomic E-state index is 0.216. The number of aryl methyl sites for hydroxylation is 1. The van der Waals surface area contributed by atoms with Crippen molar-refractivity contribution in [3.63, 3.8) is 0 Å². The van der Waals surface area contributed by atoms with Crippen LogP contribution < -0.4 is 10.6 Å². The number of pyridine rings is 1. The van der Waals surface area contributed by atoms with Gasteiger partial charge in [-0.15, -0.1) is 0 Å². The van der Waals surface area contributed by atoms with E-state index in [-0.39, 0.29) is 6.03 Å². The van der Waals surface area contributed by atoms with Crippen molar-refractivity contribution in [2.45, 2.75) is 38.7 Å². The molecule has 0 saturated carbocycles. The number of carbonyl (C=O) groups excluding carboxylic acids is 1. The predicted molar refractivity (Wildman–Crippen MR) is 74.2 cm³/mol. The number of amides is 2. The van der Waals surface area contributed by atoms with Gasteiger partial charge in [0.25, 0.3) is 0 Å². The highest BCUT2D eigenvalue weighted by Crippen LogP contribution is 2.14. The van der Waals surface area contributed by atoms with Crippen LogP contribution in [0, 0.1) is 6.92 Å². The first-order valence-corrected chi connectivity index (χ1v) is 6.83. The van der Waals surface area contributed by atoms with E-state index >= 15 is 0 Å². The molecule has 0 bridgehead atoms. The van der Waals surface area contributed by atoms with Crippen molar-refractivity contribution in [3.8, 4) is 0 Å². The smallest absolute Gasteiger partial charge is 0.320 e.